The van der Waals surface area contributed by atoms with E-state index in [1.165, 1.54) is 11.3 Å². The Morgan fingerprint density at radius 3 is 3.08 bits per heavy atom. The van der Waals surface area contributed by atoms with Gasteiger partial charge in [-0.25, -0.2) is 9.97 Å². The van der Waals surface area contributed by atoms with Gasteiger partial charge in [0.1, 0.15) is 0 Å². The zero-order chi connectivity index (χ0) is 17.1. The van der Waals surface area contributed by atoms with Crippen molar-refractivity contribution in [1.29, 1.82) is 0 Å². The third-order valence-corrected chi connectivity index (χ3v) is 5.68. The summed E-state index contributed by atoms with van der Waals surface area (Å²) in [5.41, 5.74) is 0.596. The standard InChI is InChI=1S/C18H22N4O2S/c23-16(14-4-10-25-12-14)21-11-15-3-1-5-18(24-15)6-9-22(13-18)17-19-7-2-8-20-17/h2,4,7-8,10,12,15H,1,3,5-6,9,11,13H2,(H,21,23)/t15-,18-/m0/s1. The molecule has 25 heavy (non-hydrogen) atoms. The highest BCUT2D eigenvalue weighted by molar-refractivity contribution is 7.08. The minimum atomic E-state index is -0.130. The molecule has 2 atom stereocenters. The van der Waals surface area contributed by atoms with Crippen LogP contribution in [0.15, 0.2) is 35.3 Å². The Hall–Kier alpha value is -1.99. The van der Waals surface area contributed by atoms with E-state index >= 15 is 0 Å². The van der Waals surface area contributed by atoms with E-state index < -0.39 is 0 Å². The van der Waals surface area contributed by atoms with E-state index in [1.807, 2.05) is 22.9 Å². The van der Waals surface area contributed by atoms with Crippen LogP contribution >= 0.6 is 11.3 Å². The molecular weight excluding hydrogens is 336 g/mol. The van der Waals surface area contributed by atoms with Gasteiger partial charge in [-0.1, -0.05) is 0 Å². The van der Waals surface area contributed by atoms with Crippen LogP contribution in [0.3, 0.4) is 0 Å². The quantitative estimate of drug-likeness (QED) is 0.909. The van der Waals surface area contributed by atoms with Gasteiger partial charge < -0.3 is 15.0 Å². The molecule has 0 saturated carbocycles. The number of carbonyl (C=O) groups is 1. The van der Waals surface area contributed by atoms with E-state index in [2.05, 4.69) is 20.2 Å². The summed E-state index contributed by atoms with van der Waals surface area (Å²) in [5, 5.41) is 6.79. The molecule has 2 saturated heterocycles. The van der Waals surface area contributed by atoms with Gasteiger partial charge >= 0.3 is 0 Å². The van der Waals surface area contributed by atoms with Gasteiger partial charge in [0.05, 0.1) is 11.7 Å². The summed E-state index contributed by atoms with van der Waals surface area (Å²) in [6.45, 7) is 2.31. The molecule has 2 aliphatic heterocycles. The number of rotatable bonds is 4. The normalized spacial score (nSPS) is 26.1. The molecule has 1 N–H and O–H groups in total. The fourth-order valence-corrected chi connectivity index (χ4v) is 4.38. The molecule has 7 heteroatoms. The monoisotopic (exact) mass is 358 g/mol. The van der Waals surface area contributed by atoms with Gasteiger partial charge in [-0.05, 0) is 43.2 Å². The summed E-state index contributed by atoms with van der Waals surface area (Å²) in [6.07, 6.45) is 7.80. The van der Waals surface area contributed by atoms with Crippen LogP contribution < -0.4 is 10.2 Å². The highest BCUT2D eigenvalue weighted by Gasteiger charge is 2.43. The Morgan fingerprint density at radius 2 is 2.28 bits per heavy atom. The zero-order valence-electron chi connectivity index (χ0n) is 14.1. The molecule has 4 rings (SSSR count). The molecule has 1 amide bonds. The number of hydrogen-bond donors (Lipinski definition) is 1. The number of nitrogens with zero attached hydrogens (tertiary/aromatic N) is 3. The van der Waals surface area contributed by atoms with Gasteiger partial charge in [-0.15, -0.1) is 0 Å². The molecule has 132 valence electrons. The average molecular weight is 358 g/mol. The molecular formula is C18H22N4O2S. The summed E-state index contributed by atoms with van der Waals surface area (Å²) < 4.78 is 6.45. The Labute approximate surface area is 151 Å². The van der Waals surface area contributed by atoms with Crippen molar-refractivity contribution in [3.63, 3.8) is 0 Å². The lowest BCUT2D eigenvalue weighted by atomic mass is 9.90. The van der Waals surface area contributed by atoms with E-state index in [0.717, 1.165) is 50.3 Å². The number of aromatic nitrogens is 2. The number of thiophene rings is 1. The predicted molar refractivity (Wildman–Crippen MR) is 97.0 cm³/mol. The van der Waals surface area contributed by atoms with Crippen molar-refractivity contribution in [2.75, 3.05) is 24.5 Å². The maximum absolute atomic E-state index is 12.1. The smallest absolute Gasteiger partial charge is 0.252 e. The molecule has 1 spiro atoms. The lowest BCUT2D eigenvalue weighted by molar-refractivity contribution is -0.113. The summed E-state index contributed by atoms with van der Waals surface area (Å²) in [5.74, 6) is 0.756. The fourth-order valence-electron chi connectivity index (χ4n) is 3.74. The third-order valence-electron chi connectivity index (χ3n) is 5.00. The van der Waals surface area contributed by atoms with Gasteiger partial charge in [0.15, 0.2) is 0 Å². The Bertz CT molecular complexity index is 709. The number of hydrogen-bond acceptors (Lipinski definition) is 6. The molecule has 0 unspecified atom stereocenters. The number of ether oxygens (including phenoxy) is 1. The summed E-state index contributed by atoms with van der Waals surface area (Å²) in [6, 6.07) is 3.68. The number of nitrogens with one attached hydrogen (secondary N) is 1. The van der Waals surface area contributed by atoms with Crippen LogP contribution in [-0.2, 0) is 4.74 Å². The minimum absolute atomic E-state index is 0.0183. The van der Waals surface area contributed by atoms with Gasteiger partial charge in [0, 0.05) is 43.0 Å². The van der Waals surface area contributed by atoms with Crippen LogP contribution in [0.1, 0.15) is 36.0 Å². The van der Waals surface area contributed by atoms with Crippen LogP contribution in [0.25, 0.3) is 0 Å². The van der Waals surface area contributed by atoms with Gasteiger partial charge in [0.2, 0.25) is 5.95 Å². The molecule has 0 aromatic carbocycles. The first-order chi connectivity index (χ1) is 12.2. The molecule has 0 bridgehead atoms. The van der Waals surface area contributed by atoms with Crippen molar-refractivity contribution in [1.82, 2.24) is 15.3 Å². The first-order valence-corrected chi connectivity index (χ1v) is 9.69. The van der Waals surface area contributed by atoms with E-state index in [9.17, 15) is 4.79 Å². The fraction of sp³-hybridized carbons (Fsp3) is 0.500. The lowest BCUT2D eigenvalue weighted by Gasteiger charge is -2.38. The van der Waals surface area contributed by atoms with E-state index in [4.69, 9.17) is 4.74 Å². The molecule has 4 heterocycles. The van der Waals surface area contributed by atoms with E-state index in [-0.39, 0.29) is 17.6 Å². The van der Waals surface area contributed by atoms with Crippen LogP contribution in [0.2, 0.25) is 0 Å². The van der Waals surface area contributed by atoms with Crippen molar-refractivity contribution in [2.45, 2.75) is 37.4 Å². The molecule has 2 aromatic rings. The van der Waals surface area contributed by atoms with E-state index in [1.54, 1.807) is 12.4 Å². The molecule has 2 fully saturated rings. The Kier molecular flexibility index (Phi) is 4.67. The van der Waals surface area contributed by atoms with Gasteiger partial charge in [-0.3, -0.25) is 4.79 Å². The Balaban J connectivity index is 1.34. The minimum Gasteiger partial charge on any atom is -0.368 e. The number of carbonyl (C=O) groups excluding carboxylic acids is 1. The molecule has 2 aliphatic rings. The molecule has 6 nitrogen and oxygen atoms in total. The van der Waals surface area contributed by atoms with Crippen LogP contribution in [0, 0.1) is 0 Å². The third kappa shape index (κ3) is 3.67. The molecule has 2 aromatic heterocycles. The van der Waals surface area contributed by atoms with Crippen molar-refractivity contribution >= 4 is 23.2 Å². The van der Waals surface area contributed by atoms with Crippen molar-refractivity contribution in [3.05, 3.63) is 40.8 Å². The summed E-state index contributed by atoms with van der Waals surface area (Å²) >= 11 is 1.53. The first-order valence-electron chi connectivity index (χ1n) is 8.74. The lowest BCUT2D eigenvalue weighted by Crippen LogP contribution is -2.47. The van der Waals surface area contributed by atoms with Gasteiger partial charge in [0.25, 0.3) is 5.91 Å². The second kappa shape index (κ2) is 7.09. The highest BCUT2D eigenvalue weighted by Crippen LogP contribution is 2.37. The maximum Gasteiger partial charge on any atom is 0.252 e. The van der Waals surface area contributed by atoms with Gasteiger partial charge in [-0.2, -0.15) is 11.3 Å². The summed E-state index contributed by atoms with van der Waals surface area (Å²) in [4.78, 5) is 23.0. The number of amides is 1. The van der Waals surface area contributed by atoms with Crippen LogP contribution in [-0.4, -0.2) is 47.2 Å². The van der Waals surface area contributed by atoms with Crippen molar-refractivity contribution < 1.29 is 9.53 Å². The maximum atomic E-state index is 12.1. The molecule has 0 radical (unpaired) electrons. The summed E-state index contributed by atoms with van der Waals surface area (Å²) in [7, 11) is 0. The van der Waals surface area contributed by atoms with Crippen LogP contribution in [0.4, 0.5) is 5.95 Å². The predicted octanol–water partition coefficient (Wildman–Crippen LogP) is 2.49. The van der Waals surface area contributed by atoms with Crippen molar-refractivity contribution in [2.24, 2.45) is 0 Å². The zero-order valence-corrected chi connectivity index (χ0v) is 14.9. The van der Waals surface area contributed by atoms with Crippen molar-refractivity contribution in [3.8, 4) is 0 Å². The molecule has 0 aliphatic carbocycles. The first kappa shape index (κ1) is 16.5. The topological polar surface area (TPSA) is 67.4 Å². The largest absolute Gasteiger partial charge is 0.368 e. The Morgan fingerprint density at radius 1 is 1.40 bits per heavy atom. The highest BCUT2D eigenvalue weighted by atomic mass is 32.1. The number of anilines is 1. The second-order valence-electron chi connectivity index (χ2n) is 6.76. The SMILES string of the molecule is O=C(NC[C@@H]1CCC[C@@]2(CCN(c3ncccn3)C2)O1)c1ccsc1. The second-order valence-corrected chi connectivity index (χ2v) is 7.54. The average Bonchev–Trinajstić information content (AvgIpc) is 3.31. The van der Waals surface area contributed by atoms with Crippen LogP contribution in [0.5, 0.6) is 0 Å². The van der Waals surface area contributed by atoms with E-state index in [0.29, 0.717) is 6.54 Å².